The number of benzene rings is 1. The van der Waals surface area contributed by atoms with Gasteiger partial charge in [-0.15, -0.1) is 0 Å². The third-order valence-corrected chi connectivity index (χ3v) is 3.40. The summed E-state index contributed by atoms with van der Waals surface area (Å²) in [7, 11) is 0. The van der Waals surface area contributed by atoms with Crippen LogP contribution >= 0.6 is 15.9 Å². The number of nitrogens with zero attached hydrogens (tertiary/aromatic N) is 1. The lowest BCUT2D eigenvalue weighted by molar-refractivity contribution is 0.102. The molecule has 0 saturated heterocycles. The maximum atomic E-state index is 12.2. The molecule has 0 aliphatic rings. The highest BCUT2D eigenvalue weighted by molar-refractivity contribution is 9.10. The Kier molecular flexibility index (Phi) is 4.00. The molecule has 0 bridgehead atoms. The SMILES string of the molecule is Cc1ccc(C(=O)Nc2ccc(Br)cc2C)c(C)n1. The molecule has 0 spiro atoms. The number of aromatic nitrogens is 1. The van der Waals surface area contributed by atoms with Crippen molar-refractivity contribution in [3.63, 3.8) is 0 Å². The number of amides is 1. The highest BCUT2D eigenvalue weighted by Gasteiger charge is 2.11. The van der Waals surface area contributed by atoms with E-state index < -0.39 is 0 Å². The van der Waals surface area contributed by atoms with Crippen molar-refractivity contribution in [2.45, 2.75) is 20.8 Å². The van der Waals surface area contributed by atoms with E-state index in [4.69, 9.17) is 0 Å². The molecule has 1 amide bonds. The molecule has 0 radical (unpaired) electrons. The summed E-state index contributed by atoms with van der Waals surface area (Å²) in [5.41, 5.74) is 4.09. The molecule has 98 valence electrons. The van der Waals surface area contributed by atoms with Crippen LogP contribution in [0.4, 0.5) is 5.69 Å². The van der Waals surface area contributed by atoms with Crippen molar-refractivity contribution in [3.8, 4) is 0 Å². The Morgan fingerprint density at radius 1 is 1.16 bits per heavy atom. The summed E-state index contributed by atoms with van der Waals surface area (Å²) in [5.74, 6) is -0.129. The van der Waals surface area contributed by atoms with Crippen LogP contribution < -0.4 is 5.32 Å². The van der Waals surface area contributed by atoms with E-state index in [1.54, 1.807) is 6.07 Å². The van der Waals surface area contributed by atoms with Gasteiger partial charge < -0.3 is 5.32 Å². The molecular weight excluding hydrogens is 304 g/mol. The molecule has 1 aromatic carbocycles. The maximum Gasteiger partial charge on any atom is 0.257 e. The number of aryl methyl sites for hydroxylation is 3. The fraction of sp³-hybridized carbons (Fsp3) is 0.200. The van der Waals surface area contributed by atoms with Gasteiger partial charge >= 0.3 is 0 Å². The van der Waals surface area contributed by atoms with Gasteiger partial charge in [-0.3, -0.25) is 9.78 Å². The number of rotatable bonds is 2. The third-order valence-electron chi connectivity index (χ3n) is 2.91. The molecule has 0 saturated carbocycles. The first-order valence-electron chi connectivity index (χ1n) is 5.99. The van der Waals surface area contributed by atoms with Crippen molar-refractivity contribution >= 4 is 27.5 Å². The standard InChI is InChI=1S/C15H15BrN2O/c1-9-8-12(16)5-7-14(9)18-15(19)13-6-4-10(2)17-11(13)3/h4-8H,1-3H3,(H,18,19). The van der Waals surface area contributed by atoms with Crippen LogP contribution in [0.2, 0.25) is 0 Å². The van der Waals surface area contributed by atoms with Crippen LogP contribution in [0, 0.1) is 20.8 Å². The lowest BCUT2D eigenvalue weighted by Gasteiger charge is -2.10. The summed E-state index contributed by atoms with van der Waals surface area (Å²) < 4.78 is 0.996. The topological polar surface area (TPSA) is 42.0 Å². The van der Waals surface area contributed by atoms with Gasteiger partial charge in [0.15, 0.2) is 0 Å². The third kappa shape index (κ3) is 3.20. The number of carbonyl (C=O) groups is 1. The second-order valence-corrected chi connectivity index (χ2v) is 5.41. The van der Waals surface area contributed by atoms with E-state index in [1.165, 1.54) is 0 Å². The summed E-state index contributed by atoms with van der Waals surface area (Å²) in [5, 5.41) is 2.91. The summed E-state index contributed by atoms with van der Waals surface area (Å²) in [4.78, 5) is 16.5. The Morgan fingerprint density at radius 2 is 1.89 bits per heavy atom. The predicted molar refractivity (Wildman–Crippen MR) is 80.5 cm³/mol. The zero-order valence-electron chi connectivity index (χ0n) is 11.1. The number of halogens is 1. The minimum absolute atomic E-state index is 0.129. The van der Waals surface area contributed by atoms with Crippen LogP contribution in [0.1, 0.15) is 27.3 Å². The highest BCUT2D eigenvalue weighted by Crippen LogP contribution is 2.21. The molecule has 0 unspecified atom stereocenters. The first kappa shape index (κ1) is 13.7. The van der Waals surface area contributed by atoms with E-state index in [-0.39, 0.29) is 5.91 Å². The monoisotopic (exact) mass is 318 g/mol. The van der Waals surface area contributed by atoms with Gasteiger partial charge in [0, 0.05) is 15.9 Å². The van der Waals surface area contributed by atoms with Crippen molar-refractivity contribution < 1.29 is 4.79 Å². The van der Waals surface area contributed by atoms with Gasteiger partial charge in [-0.05, 0) is 56.7 Å². The molecule has 2 rings (SSSR count). The fourth-order valence-corrected chi connectivity index (χ4v) is 2.36. The average molecular weight is 319 g/mol. The van der Waals surface area contributed by atoms with Gasteiger partial charge in [-0.1, -0.05) is 15.9 Å². The molecule has 1 N–H and O–H groups in total. The fourth-order valence-electron chi connectivity index (χ4n) is 1.88. The van der Waals surface area contributed by atoms with Crippen LogP contribution in [-0.2, 0) is 0 Å². The highest BCUT2D eigenvalue weighted by atomic mass is 79.9. The zero-order valence-corrected chi connectivity index (χ0v) is 12.7. The molecule has 19 heavy (non-hydrogen) atoms. The van der Waals surface area contributed by atoms with Crippen molar-refractivity contribution in [2.24, 2.45) is 0 Å². The molecule has 0 aliphatic carbocycles. The number of nitrogens with one attached hydrogen (secondary N) is 1. The van der Waals surface area contributed by atoms with Gasteiger partial charge in [-0.25, -0.2) is 0 Å². The molecule has 1 heterocycles. The number of carbonyl (C=O) groups excluding carboxylic acids is 1. The van der Waals surface area contributed by atoms with Crippen LogP contribution in [-0.4, -0.2) is 10.9 Å². The summed E-state index contributed by atoms with van der Waals surface area (Å²) in [6.07, 6.45) is 0. The Morgan fingerprint density at radius 3 is 2.53 bits per heavy atom. The molecule has 2 aromatic rings. The normalized spacial score (nSPS) is 10.3. The van der Waals surface area contributed by atoms with Gasteiger partial charge in [0.2, 0.25) is 0 Å². The molecule has 0 aliphatic heterocycles. The smallest absolute Gasteiger partial charge is 0.257 e. The van der Waals surface area contributed by atoms with Gasteiger partial charge in [0.25, 0.3) is 5.91 Å². The number of anilines is 1. The minimum Gasteiger partial charge on any atom is -0.322 e. The minimum atomic E-state index is -0.129. The first-order chi connectivity index (χ1) is 8.97. The van der Waals surface area contributed by atoms with Crippen molar-refractivity contribution in [3.05, 3.63) is 57.3 Å². The summed E-state index contributed by atoms with van der Waals surface area (Å²) in [6.45, 7) is 5.71. The Bertz CT molecular complexity index is 638. The van der Waals surface area contributed by atoms with Crippen LogP contribution in [0.5, 0.6) is 0 Å². The lowest BCUT2D eigenvalue weighted by atomic mass is 10.1. The van der Waals surface area contributed by atoms with E-state index >= 15 is 0 Å². The largest absolute Gasteiger partial charge is 0.322 e. The molecule has 1 aromatic heterocycles. The van der Waals surface area contributed by atoms with Gasteiger partial charge in [0.1, 0.15) is 0 Å². The van der Waals surface area contributed by atoms with E-state index in [0.29, 0.717) is 5.56 Å². The predicted octanol–water partition coefficient (Wildman–Crippen LogP) is 4.02. The van der Waals surface area contributed by atoms with Crippen molar-refractivity contribution in [1.82, 2.24) is 4.98 Å². The van der Waals surface area contributed by atoms with Gasteiger partial charge in [-0.2, -0.15) is 0 Å². The Hall–Kier alpha value is -1.68. The second-order valence-electron chi connectivity index (χ2n) is 4.50. The first-order valence-corrected chi connectivity index (χ1v) is 6.78. The van der Waals surface area contributed by atoms with Crippen LogP contribution in [0.25, 0.3) is 0 Å². The van der Waals surface area contributed by atoms with Crippen LogP contribution in [0.15, 0.2) is 34.8 Å². The quantitative estimate of drug-likeness (QED) is 0.908. The van der Waals surface area contributed by atoms with Crippen molar-refractivity contribution in [1.29, 1.82) is 0 Å². The Balaban J connectivity index is 2.25. The molecule has 3 nitrogen and oxygen atoms in total. The zero-order chi connectivity index (χ0) is 14.0. The average Bonchev–Trinajstić information content (AvgIpc) is 2.32. The van der Waals surface area contributed by atoms with Gasteiger partial charge in [0.05, 0.1) is 11.3 Å². The summed E-state index contributed by atoms with van der Waals surface area (Å²) in [6, 6.07) is 9.41. The van der Waals surface area contributed by atoms with E-state index in [1.807, 2.05) is 45.0 Å². The summed E-state index contributed by atoms with van der Waals surface area (Å²) >= 11 is 3.40. The van der Waals surface area contributed by atoms with E-state index in [9.17, 15) is 4.79 Å². The number of hydrogen-bond acceptors (Lipinski definition) is 2. The molecule has 0 fully saturated rings. The Labute approximate surface area is 121 Å². The van der Waals surface area contributed by atoms with Crippen molar-refractivity contribution in [2.75, 3.05) is 5.32 Å². The van der Waals surface area contributed by atoms with E-state index in [2.05, 4.69) is 26.2 Å². The lowest BCUT2D eigenvalue weighted by Crippen LogP contribution is -2.15. The molecule has 4 heteroatoms. The maximum absolute atomic E-state index is 12.2. The molecule has 0 atom stereocenters. The molecular formula is C15H15BrN2O. The second kappa shape index (κ2) is 5.53. The number of pyridine rings is 1. The van der Waals surface area contributed by atoms with E-state index in [0.717, 1.165) is 27.1 Å². The number of hydrogen-bond donors (Lipinski definition) is 1. The van der Waals surface area contributed by atoms with Crippen LogP contribution in [0.3, 0.4) is 0 Å².